The van der Waals surface area contributed by atoms with Crippen molar-refractivity contribution in [1.82, 2.24) is 4.98 Å². The Kier molecular flexibility index (Phi) is 5.34. The van der Waals surface area contributed by atoms with Crippen LogP contribution in [0.4, 0.5) is 5.82 Å². The number of aromatic nitrogens is 1. The molecule has 0 aliphatic carbocycles. The number of halogens is 2. The standard InChI is InChI=1S/C22H14Br2N2O3/c23-15-8-6-13(7-9-15)19-18(20(27)14-4-2-1-3-5-14)21(28)22(29)26(19)17-11-10-16(24)12-25-17/h1-12,19,27H/b20-18-. The maximum Gasteiger partial charge on any atom is 0.301 e. The Labute approximate surface area is 184 Å². The van der Waals surface area contributed by atoms with E-state index in [4.69, 9.17) is 0 Å². The Morgan fingerprint density at radius 2 is 1.55 bits per heavy atom. The van der Waals surface area contributed by atoms with Crippen molar-refractivity contribution in [2.75, 3.05) is 4.90 Å². The SMILES string of the molecule is O=C1C(=O)N(c2ccc(Br)cn2)C(c2ccc(Br)cc2)/C1=C(/O)c1ccccc1. The number of ketones is 1. The predicted octanol–water partition coefficient (Wildman–Crippen LogP) is 5.23. The van der Waals surface area contributed by atoms with Crippen LogP contribution in [0.1, 0.15) is 17.2 Å². The van der Waals surface area contributed by atoms with Gasteiger partial charge in [-0.05, 0) is 45.8 Å². The van der Waals surface area contributed by atoms with Crippen LogP contribution in [0, 0.1) is 0 Å². The third kappa shape index (κ3) is 3.63. The zero-order valence-corrected chi connectivity index (χ0v) is 18.1. The second-order valence-electron chi connectivity index (χ2n) is 6.42. The van der Waals surface area contributed by atoms with E-state index < -0.39 is 17.7 Å². The van der Waals surface area contributed by atoms with Crippen LogP contribution < -0.4 is 4.90 Å². The molecule has 2 heterocycles. The summed E-state index contributed by atoms with van der Waals surface area (Å²) < 4.78 is 1.62. The van der Waals surface area contributed by atoms with Crippen molar-refractivity contribution in [2.45, 2.75) is 6.04 Å². The fourth-order valence-corrected chi connectivity index (χ4v) is 3.79. The molecule has 4 rings (SSSR count). The Balaban J connectivity index is 1.94. The van der Waals surface area contributed by atoms with E-state index in [9.17, 15) is 14.7 Å². The number of nitrogens with zero attached hydrogens (tertiary/aromatic N) is 2. The van der Waals surface area contributed by atoms with Gasteiger partial charge in [0.25, 0.3) is 5.78 Å². The quantitative estimate of drug-likeness (QED) is 0.295. The van der Waals surface area contributed by atoms with Crippen molar-refractivity contribution in [1.29, 1.82) is 0 Å². The molecule has 1 saturated heterocycles. The molecule has 0 saturated carbocycles. The first-order chi connectivity index (χ1) is 14.0. The third-order valence-electron chi connectivity index (χ3n) is 4.64. The van der Waals surface area contributed by atoms with Crippen molar-refractivity contribution in [3.8, 4) is 0 Å². The largest absolute Gasteiger partial charge is 0.507 e. The Hall–Kier alpha value is -2.77. The Bertz CT molecular complexity index is 1110. The first-order valence-electron chi connectivity index (χ1n) is 8.71. The maximum atomic E-state index is 13.0. The smallest absolute Gasteiger partial charge is 0.301 e. The van der Waals surface area contributed by atoms with Crippen LogP contribution >= 0.6 is 31.9 Å². The van der Waals surface area contributed by atoms with E-state index in [1.165, 1.54) is 4.90 Å². The van der Waals surface area contributed by atoms with Gasteiger partial charge in [0, 0.05) is 20.7 Å². The molecule has 0 bridgehead atoms. The molecular formula is C22H14Br2N2O3. The highest BCUT2D eigenvalue weighted by Gasteiger charge is 2.47. The van der Waals surface area contributed by atoms with Gasteiger partial charge in [0.2, 0.25) is 0 Å². The predicted molar refractivity (Wildman–Crippen MR) is 117 cm³/mol. The highest BCUT2D eigenvalue weighted by Crippen LogP contribution is 2.41. The molecule has 1 aliphatic rings. The number of carbonyl (C=O) groups excluding carboxylic acids is 2. The summed E-state index contributed by atoms with van der Waals surface area (Å²) in [6, 6.07) is 18.6. The molecule has 0 radical (unpaired) electrons. The molecule has 2 aromatic carbocycles. The summed E-state index contributed by atoms with van der Waals surface area (Å²) >= 11 is 6.73. The highest BCUT2D eigenvalue weighted by molar-refractivity contribution is 9.10. The van der Waals surface area contributed by atoms with Gasteiger partial charge in [0.05, 0.1) is 11.6 Å². The lowest BCUT2D eigenvalue weighted by molar-refractivity contribution is -0.132. The number of pyridine rings is 1. The van der Waals surface area contributed by atoms with E-state index in [1.54, 1.807) is 42.6 Å². The van der Waals surface area contributed by atoms with Gasteiger partial charge in [-0.15, -0.1) is 0 Å². The number of anilines is 1. The van der Waals surface area contributed by atoms with Crippen LogP contribution in [0.25, 0.3) is 5.76 Å². The number of Topliss-reactive ketones (excluding diaryl/α,β-unsaturated/α-hetero) is 1. The number of aliphatic hydroxyl groups excluding tert-OH is 1. The third-order valence-corrected chi connectivity index (χ3v) is 5.63. The summed E-state index contributed by atoms with van der Waals surface area (Å²) in [6.45, 7) is 0. The average molecular weight is 514 g/mol. The van der Waals surface area contributed by atoms with E-state index in [-0.39, 0.29) is 11.3 Å². The van der Waals surface area contributed by atoms with Crippen LogP contribution in [0.5, 0.6) is 0 Å². The van der Waals surface area contributed by atoms with Gasteiger partial charge in [-0.2, -0.15) is 0 Å². The molecular weight excluding hydrogens is 500 g/mol. The zero-order chi connectivity index (χ0) is 20.5. The monoisotopic (exact) mass is 512 g/mol. The number of hydrogen-bond donors (Lipinski definition) is 1. The van der Waals surface area contributed by atoms with Crippen LogP contribution in [-0.2, 0) is 9.59 Å². The van der Waals surface area contributed by atoms with Gasteiger partial charge in [-0.1, -0.05) is 58.4 Å². The molecule has 1 aromatic heterocycles. The highest BCUT2D eigenvalue weighted by atomic mass is 79.9. The summed E-state index contributed by atoms with van der Waals surface area (Å²) in [5, 5.41) is 10.9. The molecule has 29 heavy (non-hydrogen) atoms. The summed E-state index contributed by atoms with van der Waals surface area (Å²) in [4.78, 5) is 31.5. The van der Waals surface area contributed by atoms with Crippen molar-refractivity contribution in [3.63, 3.8) is 0 Å². The lowest BCUT2D eigenvalue weighted by Crippen LogP contribution is -2.30. The minimum Gasteiger partial charge on any atom is -0.507 e. The van der Waals surface area contributed by atoms with Crippen LogP contribution in [0.2, 0.25) is 0 Å². The Morgan fingerprint density at radius 3 is 2.17 bits per heavy atom. The van der Waals surface area contributed by atoms with Crippen molar-refractivity contribution < 1.29 is 14.7 Å². The first-order valence-corrected chi connectivity index (χ1v) is 10.3. The fourth-order valence-electron chi connectivity index (χ4n) is 3.29. The number of rotatable bonds is 3. The van der Waals surface area contributed by atoms with Gasteiger partial charge in [0.15, 0.2) is 0 Å². The number of aliphatic hydroxyl groups is 1. The molecule has 1 fully saturated rings. The van der Waals surface area contributed by atoms with Crippen LogP contribution in [0.15, 0.2) is 87.4 Å². The Morgan fingerprint density at radius 1 is 0.897 bits per heavy atom. The summed E-state index contributed by atoms with van der Waals surface area (Å²) in [5.74, 6) is -1.36. The van der Waals surface area contributed by atoms with Gasteiger partial charge >= 0.3 is 5.91 Å². The van der Waals surface area contributed by atoms with Crippen LogP contribution in [-0.4, -0.2) is 21.8 Å². The van der Waals surface area contributed by atoms with Gasteiger partial charge < -0.3 is 5.11 Å². The van der Waals surface area contributed by atoms with Crippen molar-refractivity contribution >= 4 is 55.1 Å². The van der Waals surface area contributed by atoms with Crippen molar-refractivity contribution in [2.24, 2.45) is 0 Å². The molecule has 1 aliphatic heterocycles. The number of benzene rings is 2. The van der Waals surface area contributed by atoms with E-state index in [2.05, 4.69) is 36.8 Å². The molecule has 0 spiro atoms. The average Bonchev–Trinajstić information content (AvgIpc) is 3.00. The summed E-state index contributed by atoms with van der Waals surface area (Å²) in [5.41, 5.74) is 1.19. The molecule has 5 nitrogen and oxygen atoms in total. The molecule has 144 valence electrons. The van der Waals surface area contributed by atoms with Gasteiger partial charge in [-0.25, -0.2) is 4.98 Å². The zero-order valence-electron chi connectivity index (χ0n) is 14.9. The second-order valence-corrected chi connectivity index (χ2v) is 8.25. The van der Waals surface area contributed by atoms with Gasteiger partial charge in [-0.3, -0.25) is 14.5 Å². The lowest BCUT2D eigenvalue weighted by atomic mass is 9.95. The molecule has 1 unspecified atom stereocenters. The van der Waals surface area contributed by atoms with E-state index in [0.29, 0.717) is 16.9 Å². The van der Waals surface area contributed by atoms with Gasteiger partial charge in [0.1, 0.15) is 11.6 Å². The maximum absolute atomic E-state index is 13.0. The second kappa shape index (κ2) is 7.93. The number of carbonyl (C=O) groups is 2. The number of hydrogen-bond acceptors (Lipinski definition) is 4. The normalized spacial score (nSPS) is 18.3. The minimum absolute atomic E-state index is 0.0354. The van der Waals surface area contributed by atoms with Crippen LogP contribution in [0.3, 0.4) is 0 Å². The number of amides is 1. The molecule has 1 atom stereocenters. The summed E-state index contributed by atoms with van der Waals surface area (Å²) in [6.07, 6.45) is 1.56. The molecule has 1 N–H and O–H groups in total. The lowest BCUT2D eigenvalue weighted by Gasteiger charge is -2.24. The molecule has 1 amide bonds. The molecule has 3 aromatic rings. The topological polar surface area (TPSA) is 70.5 Å². The van der Waals surface area contributed by atoms with E-state index in [1.807, 2.05) is 30.3 Å². The summed E-state index contributed by atoms with van der Waals surface area (Å²) in [7, 11) is 0. The van der Waals surface area contributed by atoms with E-state index >= 15 is 0 Å². The van der Waals surface area contributed by atoms with E-state index in [0.717, 1.165) is 8.95 Å². The van der Waals surface area contributed by atoms with Crippen molar-refractivity contribution in [3.05, 3.63) is 98.6 Å². The first kappa shape index (κ1) is 19.5. The minimum atomic E-state index is -0.794. The fraction of sp³-hybridized carbons (Fsp3) is 0.0455. The molecule has 7 heteroatoms.